The highest BCUT2D eigenvalue weighted by atomic mass is 16.5. The SMILES string of the molecule is Cn1cc(OC(=O)c2nc3ncccc3[nH]2)cn1. The van der Waals surface area contributed by atoms with Crippen molar-refractivity contribution in [1.29, 1.82) is 0 Å². The monoisotopic (exact) mass is 243 g/mol. The second kappa shape index (κ2) is 3.95. The number of fused-ring (bicyclic) bond motifs is 1. The lowest BCUT2D eigenvalue weighted by Gasteiger charge is -1.96. The number of hydrogen-bond acceptors (Lipinski definition) is 5. The Morgan fingerprint density at radius 2 is 2.39 bits per heavy atom. The normalized spacial score (nSPS) is 10.7. The maximum absolute atomic E-state index is 11.8. The van der Waals surface area contributed by atoms with Gasteiger partial charge >= 0.3 is 5.97 Å². The number of carbonyl (C=O) groups is 1. The van der Waals surface area contributed by atoms with Crippen molar-refractivity contribution in [2.24, 2.45) is 7.05 Å². The third-order valence-corrected chi connectivity index (χ3v) is 2.34. The molecule has 0 amide bonds. The highest BCUT2D eigenvalue weighted by Crippen LogP contribution is 2.12. The summed E-state index contributed by atoms with van der Waals surface area (Å²) in [5.74, 6) is -0.0792. The van der Waals surface area contributed by atoms with Crippen LogP contribution in [0.2, 0.25) is 0 Å². The summed E-state index contributed by atoms with van der Waals surface area (Å²) in [5, 5.41) is 3.90. The Labute approximate surface area is 101 Å². The van der Waals surface area contributed by atoms with Crippen LogP contribution in [0.15, 0.2) is 30.7 Å². The van der Waals surface area contributed by atoms with E-state index in [9.17, 15) is 4.79 Å². The van der Waals surface area contributed by atoms with E-state index in [0.717, 1.165) is 0 Å². The predicted octanol–water partition coefficient (Wildman–Crippen LogP) is 0.911. The van der Waals surface area contributed by atoms with Crippen molar-refractivity contribution in [3.8, 4) is 5.75 Å². The predicted molar refractivity (Wildman–Crippen MR) is 62.1 cm³/mol. The Morgan fingerprint density at radius 3 is 3.11 bits per heavy atom. The molecule has 0 atom stereocenters. The molecule has 0 aliphatic heterocycles. The third kappa shape index (κ3) is 1.81. The highest BCUT2D eigenvalue weighted by Gasteiger charge is 2.14. The summed E-state index contributed by atoms with van der Waals surface area (Å²) in [5.41, 5.74) is 1.17. The first-order valence-corrected chi connectivity index (χ1v) is 5.24. The Bertz CT molecular complexity index is 682. The van der Waals surface area contributed by atoms with Gasteiger partial charge in [0.15, 0.2) is 11.4 Å². The van der Waals surface area contributed by atoms with Crippen LogP contribution in [0.25, 0.3) is 11.2 Å². The zero-order valence-corrected chi connectivity index (χ0v) is 9.49. The first-order chi connectivity index (χ1) is 8.72. The molecule has 3 rings (SSSR count). The van der Waals surface area contributed by atoms with Crippen molar-refractivity contribution in [3.05, 3.63) is 36.5 Å². The van der Waals surface area contributed by atoms with Gasteiger partial charge in [0.05, 0.1) is 17.9 Å². The maximum Gasteiger partial charge on any atom is 0.379 e. The van der Waals surface area contributed by atoms with Crippen molar-refractivity contribution in [2.45, 2.75) is 0 Å². The van der Waals surface area contributed by atoms with Gasteiger partial charge in [0.2, 0.25) is 5.82 Å². The highest BCUT2D eigenvalue weighted by molar-refractivity contribution is 5.90. The van der Waals surface area contributed by atoms with Crippen molar-refractivity contribution in [2.75, 3.05) is 0 Å². The fourth-order valence-corrected chi connectivity index (χ4v) is 1.55. The smallest absolute Gasteiger partial charge is 0.379 e. The van der Waals surface area contributed by atoms with Crippen molar-refractivity contribution < 1.29 is 9.53 Å². The molecular formula is C11H9N5O2. The first-order valence-electron chi connectivity index (χ1n) is 5.24. The summed E-state index contributed by atoms with van der Waals surface area (Å²) >= 11 is 0. The van der Waals surface area contributed by atoms with E-state index < -0.39 is 5.97 Å². The summed E-state index contributed by atoms with van der Waals surface area (Å²) < 4.78 is 6.65. The van der Waals surface area contributed by atoms with Gasteiger partial charge in [0.1, 0.15) is 0 Å². The summed E-state index contributed by atoms with van der Waals surface area (Å²) in [6, 6.07) is 3.55. The minimum Gasteiger partial charge on any atom is -0.417 e. The van der Waals surface area contributed by atoms with E-state index >= 15 is 0 Å². The number of rotatable bonds is 2. The largest absolute Gasteiger partial charge is 0.417 e. The molecule has 0 saturated carbocycles. The number of aryl methyl sites for hydroxylation is 1. The molecule has 90 valence electrons. The molecular weight excluding hydrogens is 234 g/mol. The van der Waals surface area contributed by atoms with Crippen molar-refractivity contribution in [3.63, 3.8) is 0 Å². The molecule has 0 unspecified atom stereocenters. The molecule has 1 N–H and O–H groups in total. The van der Waals surface area contributed by atoms with Gasteiger partial charge in [-0.2, -0.15) is 5.10 Å². The number of pyridine rings is 1. The Morgan fingerprint density at radius 1 is 1.50 bits per heavy atom. The second-order valence-electron chi connectivity index (χ2n) is 3.70. The van der Waals surface area contributed by atoms with E-state index in [1.165, 1.54) is 6.20 Å². The minimum atomic E-state index is -0.569. The van der Waals surface area contributed by atoms with Crippen LogP contribution < -0.4 is 4.74 Å². The number of nitrogens with one attached hydrogen (secondary N) is 1. The molecule has 18 heavy (non-hydrogen) atoms. The first kappa shape index (κ1) is 10.5. The molecule has 0 fully saturated rings. The van der Waals surface area contributed by atoms with Crippen LogP contribution in [0.1, 0.15) is 10.6 Å². The van der Waals surface area contributed by atoms with Gasteiger partial charge in [0.25, 0.3) is 0 Å². The van der Waals surface area contributed by atoms with E-state index in [0.29, 0.717) is 16.9 Å². The second-order valence-corrected chi connectivity index (χ2v) is 3.70. The molecule has 0 spiro atoms. The summed E-state index contributed by atoms with van der Waals surface area (Å²) in [6.45, 7) is 0. The van der Waals surface area contributed by atoms with Crippen LogP contribution in [-0.2, 0) is 7.05 Å². The molecule has 0 saturated heterocycles. The Balaban J connectivity index is 1.87. The van der Waals surface area contributed by atoms with E-state index in [1.54, 1.807) is 36.3 Å². The quantitative estimate of drug-likeness (QED) is 0.676. The average molecular weight is 243 g/mol. The lowest BCUT2D eigenvalue weighted by Crippen LogP contribution is -2.09. The number of hydrogen-bond donors (Lipinski definition) is 1. The van der Waals surface area contributed by atoms with Gasteiger partial charge in [-0.15, -0.1) is 0 Å². The number of imidazole rings is 1. The number of carbonyl (C=O) groups excluding carboxylic acids is 1. The third-order valence-electron chi connectivity index (χ3n) is 2.34. The summed E-state index contributed by atoms with van der Waals surface area (Å²) in [7, 11) is 1.74. The molecule has 3 heterocycles. The summed E-state index contributed by atoms with van der Waals surface area (Å²) in [4.78, 5) is 22.7. The van der Waals surface area contributed by atoms with Crippen molar-refractivity contribution >= 4 is 17.1 Å². The molecule has 7 nitrogen and oxygen atoms in total. The van der Waals surface area contributed by atoms with Crippen LogP contribution in [0.5, 0.6) is 5.75 Å². The molecule has 0 aliphatic rings. The lowest BCUT2D eigenvalue weighted by atomic mass is 10.4. The zero-order chi connectivity index (χ0) is 12.5. The number of H-pyrrole nitrogens is 1. The molecule has 3 aromatic rings. The topological polar surface area (TPSA) is 85.7 Å². The van der Waals surface area contributed by atoms with Crippen LogP contribution >= 0.6 is 0 Å². The van der Waals surface area contributed by atoms with Crippen LogP contribution in [0, 0.1) is 0 Å². The standard InChI is InChI=1S/C11H9N5O2/c1-16-6-7(5-13-16)18-11(17)10-14-8-3-2-4-12-9(8)15-10/h2-6H,1H3,(H,12,14,15). The van der Waals surface area contributed by atoms with Gasteiger partial charge in [-0.1, -0.05) is 0 Å². The van der Waals surface area contributed by atoms with Crippen LogP contribution in [-0.4, -0.2) is 30.7 Å². The van der Waals surface area contributed by atoms with Gasteiger partial charge in [0, 0.05) is 13.2 Å². The molecule has 7 heteroatoms. The number of aromatic nitrogens is 5. The fourth-order valence-electron chi connectivity index (χ4n) is 1.55. The minimum absolute atomic E-state index is 0.118. The maximum atomic E-state index is 11.8. The molecule has 0 aliphatic carbocycles. The molecule has 0 bridgehead atoms. The molecule has 3 aromatic heterocycles. The Hall–Kier alpha value is -2.70. The van der Waals surface area contributed by atoms with Gasteiger partial charge in [-0.05, 0) is 12.1 Å². The van der Waals surface area contributed by atoms with E-state index in [4.69, 9.17) is 4.74 Å². The van der Waals surface area contributed by atoms with Crippen molar-refractivity contribution in [1.82, 2.24) is 24.7 Å². The van der Waals surface area contributed by atoms with Crippen LogP contribution in [0.4, 0.5) is 0 Å². The fraction of sp³-hybridized carbons (Fsp3) is 0.0909. The van der Waals surface area contributed by atoms with E-state index in [2.05, 4.69) is 20.1 Å². The lowest BCUT2D eigenvalue weighted by molar-refractivity contribution is 0.0723. The average Bonchev–Trinajstić information content (AvgIpc) is 2.95. The number of nitrogens with zero attached hydrogens (tertiary/aromatic N) is 4. The van der Waals surface area contributed by atoms with Gasteiger partial charge < -0.3 is 9.72 Å². The molecule has 0 aromatic carbocycles. The Kier molecular flexibility index (Phi) is 2.30. The van der Waals surface area contributed by atoms with E-state index in [-0.39, 0.29) is 5.82 Å². The number of aromatic amines is 1. The van der Waals surface area contributed by atoms with Crippen LogP contribution in [0.3, 0.4) is 0 Å². The number of esters is 1. The number of ether oxygens (including phenoxy) is 1. The van der Waals surface area contributed by atoms with Gasteiger partial charge in [-0.25, -0.2) is 14.8 Å². The molecule has 0 radical (unpaired) electrons. The summed E-state index contributed by atoms with van der Waals surface area (Å²) in [6.07, 6.45) is 4.66. The van der Waals surface area contributed by atoms with E-state index in [1.807, 2.05) is 0 Å². The zero-order valence-electron chi connectivity index (χ0n) is 9.49. The van der Waals surface area contributed by atoms with Gasteiger partial charge in [-0.3, -0.25) is 4.68 Å².